The van der Waals surface area contributed by atoms with E-state index in [0.29, 0.717) is 5.82 Å². The van der Waals surface area contributed by atoms with Gasteiger partial charge in [0, 0.05) is 13.2 Å². The fraction of sp³-hybridized carbons (Fsp3) is 0.0833. The lowest BCUT2D eigenvalue weighted by Crippen LogP contribution is -2.13. The molecule has 0 spiro atoms. The van der Waals surface area contributed by atoms with Gasteiger partial charge in [0.25, 0.3) is 10.0 Å². The van der Waals surface area contributed by atoms with Crippen LogP contribution < -0.4 is 10.0 Å². The first-order chi connectivity index (χ1) is 9.42. The highest BCUT2D eigenvalue weighted by molar-refractivity contribution is 7.92. The summed E-state index contributed by atoms with van der Waals surface area (Å²) in [6.45, 7) is 0. The Morgan fingerprint density at radius 3 is 2.55 bits per heavy atom. The SMILES string of the molecule is CNc1ccc(S(=O)(=O)Nc2ccc(F)cc2Cl)cn1. The third-order valence-electron chi connectivity index (χ3n) is 2.48. The Bertz CT molecular complexity index is 720. The van der Waals surface area contributed by atoms with Crippen molar-refractivity contribution in [1.29, 1.82) is 0 Å². The number of benzene rings is 1. The Kier molecular flexibility index (Phi) is 4.10. The summed E-state index contributed by atoms with van der Waals surface area (Å²) < 4.78 is 39.4. The molecular weight excluding hydrogens is 305 g/mol. The molecule has 8 heteroatoms. The van der Waals surface area contributed by atoms with Crippen LogP contribution in [0.15, 0.2) is 41.4 Å². The van der Waals surface area contributed by atoms with E-state index in [1.807, 2.05) is 0 Å². The van der Waals surface area contributed by atoms with E-state index < -0.39 is 15.8 Å². The molecule has 0 aliphatic heterocycles. The molecule has 0 radical (unpaired) electrons. The van der Waals surface area contributed by atoms with Gasteiger partial charge in [0.2, 0.25) is 0 Å². The first-order valence-electron chi connectivity index (χ1n) is 5.54. The first-order valence-corrected chi connectivity index (χ1v) is 7.40. The van der Waals surface area contributed by atoms with Gasteiger partial charge in [0.15, 0.2) is 0 Å². The van der Waals surface area contributed by atoms with Crippen LogP contribution in [0.3, 0.4) is 0 Å². The van der Waals surface area contributed by atoms with Crippen molar-refractivity contribution in [1.82, 2.24) is 4.98 Å². The molecule has 0 saturated heterocycles. The van der Waals surface area contributed by atoms with Crippen LogP contribution in [-0.4, -0.2) is 20.4 Å². The van der Waals surface area contributed by atoms with Crippen LogP contribution in [0, 0.1) is 5.82 Å². The number of aromatic nitrogens is 1. The number of nitrogens with one attached hydrogen (secondary N) is 2. The van der Waals surface area contributed by atoms with Gasteiger partial charge in [-0.2, -0.15) is 0 Å². The highest BCUT2D eigenvalue weighted by atomic mass is 35.5. The van der Waals surface area contributed by atoms with E-state index >= 15 is 0 Å². The molecule has 2 N–H and O–H groups in total. The number of halogens is 2. The van der Waals surface area contributed by atoms with Crippen LogP contribution in [0.25, 0.3) is 0 Å². The zero-order valence-corrected chi connectivity index (χ0v) is 12.0. The van der Waals surface area contributed by atoms with Gasteiger partial charge in [0.05, 0.1) is 10.7 Å². The van der Waals surface area contributed by atoms with Crippen molar-refractivity contribution in [2.45, 2.75) is 4.90 Å². The standard InChI is InChI=1S/C12H11ClFN3O2S/c1-15-12-5-3-9(7-16-12)20(18,19)17-11-4-2-8(14)6-10(11)13/h2-7,17H,1H3,(H,15,16). The predicted octanol–water partition coefficient (Wildman–Crippen LogP) is 2.72. The van der Waals surface area contributed by atoms with E-state index in [1.54, 1.807) is 7.05 Å². The minimum Gasteiger partial charge on any atom is -0.373 e. The largest absolute Gasteiger partial charge is 0.373 e. The first kappa shape index (κ1) is 14.5. The number of pyridine rings is 1. The van der Waals surface area contributed by atoms with Gasteiger partial charge in [-0.3, -0.25) is 4.72 Å². The van der Waals surface area contributed by atoms with Gasteiger partial charge in [-0.05, 0) is 30.3 Å². The maximum absolute atomic E-state index is 12.9. The second-order valence-corrected chi connectivity index (χ2v) is 5.95. The van der Waals surface area contributed by atoms with Crippen molar-refractivity contribution >= 4 is 33.1 Å². The van der Waals surface area contributed by atoms with Crippen LogP contribution >= 0.6 is 11.6 Å². The van der Waals surface area contributed by atoms with Crippen molar-refractivity contribution < 1.29 is 12.8 Å². The van der Waals surface area contributed by atoms with Crippen molar-refractivity contribution in [3.05, 3.63) is 47.4 Å². The summed E-state index contributed by atoms with van der Waals surface area (Å²) in [4.78, 5) is 3.90. The molecular formula is C12H11ClFN3O2S. The van der Waals surface area contributed by atoms with E-state index in [-0.39, 0.29) is 15.6 Å². The zero-order chi connectivity index (χ0) is 14.8. The Hall–Kier alpha value is -1.86. The summed E-state index contributed by atoms with van der Waals surface area (Å²) in [6, 6.07) is 6.33. The van der Waals surface area contributed by atoms with Crippen LogP contribution in [-0.2, 0) is 10.0 Å². The molecule has 0 aliphatic carbocycles. The molecule has 0 atom stereocenters. The maximum Gasteiger partial charge on any atom is 0.263 e. The Labute approximate surface area is 120 Å². The number of rotatable bonds is 4. The molecule has 20 heavy (non-hydrogen) atoms. The lowest BCUT2D eigenvalue weighted by atomic mass is 10.3. The Morgan fingerprint density at radius 1 is 1.25 bits per heavy atom. The maximum atomic E-state index is 12.9. The van der Waals surface area contributed by atoms with Gasteiger partial charge in [-0.1, -0.05) is 11.6 Å². The van der Waals surface area contributed by atoms with Gasteiger partial charge in [-0.25, -0.2) is 17.8 Å². The van der Waals surface area contributed by atoms with Crippen molar-refractivity contribution in [2.24, 2.45) is 0 Å². The molecule has 1 aromatic carbocycles. The summed E-state index contributed by atoms with van der Waals surface area (Å²) in [5.41, 5.74) is 0.103. The molecule has 1 heterocycles. The third-order valence-corrected chi connectivity index (χ3v) is 4.14. The molecule has 106 valence electrons. The molecule has 2 rings (SSSR count). The van der Waals surface area contributed by atoms with Gasteiger partial charge in [0.1, 0.15) is 16.5 Å². The minimum absolute atomic E-state index is 0.0168. The van der Waals surface area contributed by atoms with E-state index in [4.69, 9.17) is 11.6 Å². The van der Waals surface area contributed by atoms with E-state index in [1.165, 1.54) is 24.4 Å². The normalized spacial score (nSPS) is 11.2. The molecule has 0 unspecified atom stereocenters. The summed E-state index contributed by atoms with van der Waals surface area (Å²) >= 11 is 5.78. The van der Waals surface area contributed by atoms with Crippen LogP contribution in [0.1, 0.15) is 0 Å². The molecule has 0 fully saturated rings. The number of anilines is 2. The topological polar surface area (TPSA) is 71.1 Å². The summed E-state index contributed by atoms with van der Waals surface area (Å²) in [5, 5.41) is 2.76. The smallest absolute Gasteiger partial charge is 0.263 e. The predicted molar refractivity (Wildman–Crippen MR) is 76.0 cm³/mol. The van der Waals surface area contributed by atoms with E-state index in [0.717, 1.165) is 12.1 Å². The summed E-state index contributed by atoms with van der Waals surface area (Å²) in [6.07, 6.45) is 1.21. The summed E-state index contributed by atoms with van der Waals surface area (Å²) in [5.74, 6) is 0.00162. The van der Waals surface area contributed by atoms with Crippen molar-refractivity contribution in [3.63, 3.8) is 0 Å². The monoisotopic (exact) mass is 315 g/mol. The molecule has 5 nitrogen and oxygen atoms in total. The molecule has 0 bridgehead atoms. The minimum atomic E-state index is -3.82. The van der Waals surface area contributed by atoms with Gasteiger partial charge in [-0.15, -0.1) is 0 Å². The second-order valence-electron chi connectivity index (χ2n) is 3.86. The molecule has 2 aromatic rings. The number of hydrogen-bond acceptors (Lipinski definition) is 4. The summed E-state index contributed by atoms with van der Waals surface area (Å²) in [7, 11) is -2.15. The number of sulfonamides is 1. The van der Waals surface area contributed by atoms with Crippen molar-refractivity contribution in [3.8, 4) is 0 Å². The lowest BCUT2D eigenvalue weighted by Gasteiger charge is -2.09. The van der Waals surface area contributed by atoms with Crippen molar-refractivity contribution in [2.75, 3.05) is 17.1 Å². The zero-order valence-electron chi connectivity index (χ0n) is 10.4. The second kappa shape index (κ2) is 5.64. The van der Waals surface area contributed by atoms with Gasteiger partial charge >= 0.3 is 0 Å². The number of nitrogens with zero attached hydrogens (tertiary/aromatic N) is 1. The van der Waals surface area contributed by atoms with Crippen LogP contribution in [0.5, 0.6) is 0 Å². The molecule has 0 saturated carbocycles. The lowest BCUT2D eigenvalue weighted by molar-refractivity contribution is 0.600. The highest BCUT2D eigenvalue weighted by Gasteiger charge is 2.16. The molecule has 0 amide bonds. The fourth-order valence-electron chi connectivity index (χ4n) is 1.46. The quantitative estimate of drug-likeness (QED) is 0.910. The average molecular weight is 316 g/mol. The molecule has 1 aromatic heterocycles. The van der Waals surface area contributed by atoms with E-state index in [9.17, 15) is 12.8 Å². The van der Waals surface area contributed by atoms with E-state index in [2.05, 4.69) is 15.0 Å². The average Bonchev–Trinajstić information content (AvgIpc) is 2.42. The Balaban J connectivity index is 2.30. The van der Waals surface area contributed by atoms with Gasteiger partial charge < -0.3 is 5.32 Å². The third kappa shape index (κ3) is 3.17. The fourth-order valence-corrected chi connectivity index (χ4v) is 2.76. The number of hydrogen-bond donors (Lipinski definition) is 2. The Morgan fingerprint density at radius 2 is 2.00 bits per heavy atom. The van der Waals surface area contributed by atoms with Crippen LogP contribution in [0.2, 0.25) is 5.02 Å². The molecule has 0 aliphatic rings. The highest BCUT2D eigenvalue weighted by Crippen LogP contribution is 2.25. The van der Waals surface area contributed by atoms with Crippen LogP contribution in [0.4, 0.5) is 15.9 Å².